The SMILES string of the molecule is Cc1c[nH]c2ccnc(N3CC(C)N(C(=O)O)CC3C)c12. The minimum Gasteiger partial charge on any atom is -0.465 e. The molecule has 3 heterocycles. The van der Waals surface area contributed by atoms with Gasteiger partial charge in [-0.2, -0.15) is 0 Å². The Hall–Kier alpha value is -2.24. The highest BCUT2D eigenvalue weighted by Gasteiger charge is 2.33. The van der Waals surface area contributed by atoms with E-state index in [4.69, 9.17) is 0 Å². The van der Waals surface area contributed by atoms with Crippen molar-refractivity contribution in [3.63, 3.8) is 0 Å². The number of hydrogen-bond acceptors (Lipinski definition) is 3. The molecule has 2 aromatic heterocycles. The van der Waals surface area contributed by atoms with Crippen LogP contribution in [-0.4, -0.2) is 51.2 Å². The fourth-order valence-corrected chi connectivity index (χ4v) is 3.12. The summed E-state index contributed by atoms with van der Waals surface area (Å²) in [7, 11) is 0. The molecule has 0 aromatic carbocycles. The van der Waals surface area contributed by atoms with Crippen LogP contribution in [0.1, 0.15) is 19.4 Å². The van der Waals surface area contributed by atoms with Gasteiger partial charge in [-0.3, -0.25) is 0 Å². The topological polar surface area (TPSA) is 72.5 Å². The number of nitrogens with zero attached hydrogens (tertiary/aromatic N) is 3. The first-order valence-electron chi connectivity index (χ1n) is 7.18. The Kier molecular flexibility index (Phi) is 3.23. The van der Waals surface area contributed by atoms with Gasteiger partial charge in [0.2, 0.25) is 0 Å². The Labute approximate surface area is 123 Å². The van der Waals surface area contributed by atoms with Crippen LogP contribution in [0.4, 0.5) is 10.6 Å². The molecule has 6 heteroatoms. The summed E-state index contributed by atoms with van der Waals surface area (Å²) < 4.78 is 0. The molecule has 0 spiro atoms. The Morgan fingerprint density at radius 3 is 2.86 bits per heavy atom. The third kappa shape index (κ3) is 2.20. The molecule has 1 aliphatic heterocycles. The third-order valence-corrected chi connectivity index (χ3v) is 4.27. The molecule has 1 amide bonds. The zero-order valence-electron chi connectivity index (χ0n) is 12.5. The van der Waals surface area contributed by atoms with E-state index >= 15 is 0 Å². The van der Waals surface area contributed by atoms with Crippen molar-refractivity contribution in [1.82, 2.24) is 14.9 Å². The number of H-pyrrole nitrogens is 1. The van der Waals surface area contributed by atoms with Crippen molar-refractivity contribution in [3.8, 4) is 0 Å². The lowest BCUT2D eigenvalue weighted by molar-refractivity contribution is 0.114. The number of nitrogens with one attached hydrogen (secondary N) is 1. The monoisotopic (exact) mass is 288 g/mol. The zero-order chi connectivity index (χ0) is 15.1. The summed E-state index contributed by atoms with van der Waals surface area (Å²) in [6.45, 7) is 7.20. The molecule has 1 fully saturated rings. The number of rotatable bonds is 1. The van der Waals surface area contributed by atoms with Crippen molar-refractivity contribution in [2.75, 3.05) is 18.0 Å². The normalized spacial score (nSPS) is 22.8. The summed E-state index contributed by atoms with van der Waals surface area (Å²) in [4.78, 5) is 22.8. The first-order chi connectivity index (χ1) is 9.99. The minimum absolute atomic E-state index is 0.0463. The van der Waals surface area contributed by atoms with E-state index in [2.05, 4.69) is 21.8 Å². The number of fused-ring (bicyclic) bond motifs is 1. The van der Waals surface area contributed by atoms with Gasteiger partial charge in [-0.1, -0.05) is 0 Å². The van der Waals surface area contributed by atoms with Gasteiger partial charge in [0.1, 0.15) is 5.82 Å². The van der Waals surface area contributed by atoms with Crippen LogP contribution >= 0.6 is 0 Å². The van der Waals surface area contributed by atoms with Crippen LogP contribution < -0.4 is 4.90 Å². The molecule has 1 aliphatic rings. The van der Waals surface area contributed by atoms with E-state index in [1.807, 2.05) is 26.1 Å². The summed E-state index contributed by atoms with van der Waals surface area (Å²) in [5, 5.41) is 10.4. The van der Waals surface area contributed by atoms with Crippen LogP contribution in [0, 0.1) is 6.92 Å². The van der Waals surface area contributed by atoms with Crippen molar-refractivity contribution >= 4 is 22.8 Å². The lowest BCUT2D eigenvalue weighted by atomic mass is 10.1. The van der Waals surface area contributed by atoms with Gasteiger partial charge in [0, 0.05) is 43.0 Å². The second-order valence-electron chi connectivity index (χ2n) is 5.81. The van der Waals surface area contributed by atoms with E-state index in [0.717, 1.165) is 22.3 Å². The highest BCUT2D eigenvalue weighted by Crippen LogP contribution is 2.30. The van der Waals surface area contributed by atoms with Crippen molar-refractivity contribution in [3.05, 3.63) is 24.0 Å². The number of carboxylic acid groups (broad SMARTS) is 1. The molecule has 1 saturated heterocycles. The molecule has 112 valence electrons. The van der Waals surface area contributed by atoms with Gasteiger partial charge in [-0.05, 0) is 32.4 Å². The number of pyridine rings is 1. The smallest absolute Gasteiger partial charge is 0.407 e. The van der Waals surface area contributed by atoms with Gasteiger partial charge in [0.15, 0.2) is 0 Å². The molecule has 0 bridgehead atoms. The average Bonchev–Trinajstić information content (AvgIpc) is 2.82. The lowest BCUT2D eigenvalue weighted by Gasteiger charge is -2.43. The number of aromatic nitrogens is 2. The van der Waals surface area contributed by atoms with E-state index in [9.17, 15) is 9.90 Å². The van der Waals surface area contributed by atoms with Crippen LogP contribution in [0.3, 0.4) is 0 Å². The molecule has 2 aromatic rings. The molecule has 2 atom stereocenters. The minimum atomic E-state index is -0.849. The summed E-state index contributed by atoms with van der Waals surface area (Å²) >= 11 is 0. The molecule has 0 radical (unpaired) electrons. The first kappa shape index (κ1) is 13.7. The second kappa shape index (κ2) is 4.95. The van der Waals surface area contributed by atoms with Gasteiger partial charge >= 0.3 is 6.09 Å². The Morgan fingerprint density at radius 1 is 1.38 bits per heavy atom. The molecule has 3 rings (SSSR count). The highest BCUT2D eigenvalue weighted by molar-refractivity contribution is 5.93. The Morgan fingerprint density at radius 2 is 2.14 bits per heavy atom. The standard InChI is InChI=1S/C15H20N4O2/c1-9-6-17-12-4-5-16-14(13(9)12)18-7-11(3)19(15(20)21)8-10(18)2/h4-6,10-11,17H,7-8H2,1-3H3,(H,20,21). The second-order valence-corrected chi connectivity index (χ2v) is 5.81. The fraction of sp³-hybridized carbons (Fsp3) is 0.467. The summed E-state index contributed by atoms with van der Waals surface area (Å²) in [6.07, 6.45) is 2.93. The molecule has 21 heavy (non-hydrogen) atoms. The molecule has 0 aliphatic carbocycles. The van der Waals surface area contributed by atoms with Crippen LogP contribution in [-0.2, 0) is 0 Å². The summed E-state index contributed by atoms with van der Waals surface area (Å²) in [6, 6.07) is 2.02. The number of amides is 1. The third-order valence-electron chi connectivity index (χ3n) is 4.27. The average molecular weight is 288 g/mol. The van der Waals surface area contributed by atoms with Crippen molar-refractivity contribution in [2.45, 2.75) is 32.9 Å². The number of aryl methyl sites for hydroxylation is 1. The molecule has 6 nitrogen and oxygen atoms in total. The highest BCUT2D eigenvalue weighted by atomic mass is 16.4. The van der Waals surface area contributed by atoms with Gasteiger partial charge in [0.05, 0.1) is 5.52 Å². The quantitative estimate of drug-likeness (QED) is 0.845. The first-order valence-corrected chi connectivity index (χ1v) is 7.18. The number of piperazine rings is 1. The maximum Gasteiger partial charge on any atom is 0.407 e. The van der Waals surface area contributed by atoms with Crippen molar-refractivity contribution in [2.24, 2.45) is 0 Å². The van der Waals surface area contributed by atoms with E-state index in [0.29, 0.717) is 13.1 Å². The van der Waals surface area contributed by atoms with Crippen molar-refractivity contribution < 1.29 is 9.90 Å². The molecule has 0 saturated carbocycles. The maximum absolute atomic E-state index is 11.3. The van der Waals surface area contributed by atoms with Gasteiger partial charge < -0.3 is 19.9 Å². The Bertz CT molecular complexity index is 681. The van der Waals surface area contributed by atoms with Crippen LogP contribution in [0.15, 0.2) is 18.5 Å². The van der Waals surface area contributed by atoms with Crippen LogP contribution in [0.2, 0.25) is 0 Å². The number of aromatic amines is 1. The van der Waals surface area contributed by atoms with Gasteiger partial charge in [0.25, 0.3) is 0 Å². The van der Waals surface area contributed by atoms with Gasteiger partial charge in [-0.15, -0.1) is 0 Å². The molecule has 2 unspecified atom stereocenters. The Balaban J connectivity index is 2.00. The predicted octanol–water partition coefficient (Wildman–Crippen LogP) is 2.45. The van der Waals surface area contributed by atoms with E-state index in [1.165, 1.54) is 4.90 Å². The number of carbonyl (C=O) groups is 1. The molecule has 2 N–H and O–H groups in total. The van der Waals surface area contributed by atoms with E-state index in [1.54, 1.807) is 6.20 Å². The number of anilines is 1. The zero-order valence-corrected chi connectivity index (χ0v) is 12.5. The summed E-state index contributed by atoms with van der Waals surface area (Å²) in [5.41, 5.74) is 2.23. The van der Waals surface area contributed by atoms with E-state index < -0.39 is 6.09 Å². The number of hydrogen-bond donors (Lipinski definition) is 2. The van der Waals surface area contributed by atoms with Crippen molar-refractivity contribution in [1.29, 1.82) is 0 Å². The fourth-order valence-electron chi connectivity index (χ4n) is 3.12. The molecular weight excluding hydrogens is 268 g/mol. The van der Waals surface area contributed by atoms with Gasteiger partial charge in [-0.25, -0.2) is 9.78 Å². The lowest BCUT2D eigenvalue weighted by Crippen LogP contribution is -2.58. The molecular formula is C15H20N4O2. The summed E-state index contributed by atoms with van der Waals surface area (Å²) in [5.74, 6) is 0.940. The largest absolute Gasteiger partial charge is 0.465 e. The van der Waals surface area contributed by atoms with E-state index in [-0.39, 0.29) is 12.1 Å². The van der Waals surface area contributed by atoms with Crippen LogP contribution in [0.5, 0.6) is 0 Å². The van der Waals surface area contributed by atoms with Crippen LogP contribution in [0.25, 0.3) is 10.9 Å². The predicted molar refractivity (Wildman–Crippen MR) is 81.8 cm³/mol. The maximum atomic E-state index is 11.3.